The molecule has 0 heterocycles. The number of nitrogens with zero attached hydrogens (tertiary/aromatic N) is 2. The average Bonchev–Trinajstić information content (AvgIpc) is 2.61. The Hall–Kier alpha value is -2.56. The van der Waals surface area contributed by atoms with Crippen LogP contribution in [0.25, 0.3) is 10.8 Å². The predicted molar refractivity (Wildman–Crippen MR) is 100.0 cm³/mol. The van der Waals surface area contributed by atoms with Crippen molar-refractivity contribution < 1.29 is 29.9 Å². The van der Waals surface area contributed by atoms with Crippen molar-refractivity contribution in [3.63, 3.8) is 0 Å². The van der Waals surface area contributed by atoms with Gasteiger partial charge in [0.25, 0.3) is 0 Å². The molecule has 0 aromatic heterocycles. The van der Waals surface area contributed by atoms with Crippen LogP contribution in [0.15, 0.2) is 51.5 Å². The third-order valence-electron chi connectivity index (χ3n) is 3.62. The minimum absolute atomic E-state index is 0.0666. The quantitative estimate of drug-likeness (QED) is 0.183. The Balaban J connectivity index is 2.18. The van der Waals surface area contributed by atoms with E-state index in [-0.39, 0.29) is 38.9 Å². The molecule has 3 rings (SSSR count). The van der Waals surface area contributed by atoms with Crippen molar-refractivity contribution in [3.8, 4) is 17.2 Å². The Bertz CT molecular complexity index is 1040. The van der Waals surface area contributed by atoms with Crippen LogP contribution < -0.4 is 0 Å². The van der Waals surface area contributed by atoms with E-state index in [4.69, 9.17) is 16.9 Å². The molecule has 0 atom stereocenters. The lowest BCUT2D eigenvalue weighted by Crippen LogP contribution is -1.85. The van der Waals surface area contributed by atoms with Crippen LogP contribution in [0.4, 0.5) is 11.4 Å². The van der Waals surface area contributed by atoms with Gasteiger partial charge in [-0.1, -0.05) is 22.7 Å². The Morgan fingerprint density at radius 3 is 2.52 bits per heavy atom. The van der Waals surface area contributed by atoms with E-state index in [1.165, 1.54) is 24.3 Å². The van der Waals surface area contributed by atoms with Gasteiger partial charge in [0.15, 0.2) is 5.75 Å². The number of rotatable bonds is 5. The Morgan fingerprint density at radius 2 is 1.78 bits per heavy atom. The van der Waals surface area contributed by atoms with E-state index < -0.39 is 0 Å². The molecule has 4 N–H and O–H groups in total. The summed E-state index contributed by atoms with van der Waals surface area (Å²) in [7, 11) is 0. The molecule has 27 heavy (non-hydrogen) atoms. The molecule has 0 saturated carbocycles. The highest BCUT2D eigenvalue weighted by Crippen LogP contribution is 2.47. The number of hydrogen-bond acceptors (Lipinski definition) is 9. The van der Waals surface area contributed by atoms with Crippen LogP contribution in [0.5, 0.6) is 17.2 Å². The van der Waals surface area contributed by atoms with E-state index in [2.05, 4.69) is 19.6 Å². The van der Waals surface area contributed by atoms with E-state index in [0.29, 0.717) is 22.5 Å². The number of aromatic hydroxyl groups is 3. The lowest BCUT2D eigenvalue weighted by atomic mass is 10.0. The first-order valence-electron chi connectivity index (χ1n) is 7.45. The van der Waals surface area contributed by atoms with Gasteiger partial charge in [-0.2, -0.15) is 0 Å². The lowest BCUT2D eigenvalue weighted by Gasteiger charge is -2.11. The highest BCUT2D eigenvalue weighted by atomic mass is 35.5. The van der Waals surface area contributed by atoms with Crippen molar-refractivity contribution in [2.45, 2.75) is 11.8 Å². The molecule has 3 aromatic carbocycles. The highest BCUT2D eigenvalue weighted by Gasteiger charge is 2.18. The van der Waals surface area contributed by atoms with Crippen LogP contribution in [0.2, 0.25) is 5.02 Å². The number of halogens is 1. The number of azo groups is 1. The van der Waals surface area contributed by atoms with Gasteiger partial charge in [-0.15, -0.1) is 14.6 Å². The molecule has 0 aliphatic heterocycles. The molecule has 0 saturated heterocycles. The molecule has 10 heteroatoms. The number of fused-ring (bicyclic) bond motifs is 1. The fraction of sp³-hybridized carbons (Fsp3) is 0.0588. The van der Waals surface area contributed by atoms with E-state index in [0.717, 1.165) is 5.56 Å². The molecule has 0 unspecified atom stereocenters. The molecule has 0 aliphatic rings. The molecule has 3 aromatic rings. The van der Waals surface area contributed by atoms with Crippen molar-refractivity contribution >= 4 is 45.8 Å². The van der Waals surface area contributed by atoms with E-state index in [9.17, 15) is 15.3 Å². The molecular formula is C17H13ClN2O6S. The molecule has 0 bridgehead atoms. The van der Waals surface area contributed by atoms with Gasteiger partial charge in [0, 0.05) is 5.02 Å². The summed E-state index contributed by atoms with van der Waals surface area (Å²) < 4.78 is 4.45. The maximum Gasteiger partial charge on any atom is 0.155 e. The average molecular weight is 409 g/mol. The van der Waals surface area contributed by atoms with Gasteiger partial charge in [0.1, 0.15) is 22.9 Å². The Kier molecular flexibility index (Phi) is 5.68. The second-order valence-corrected chi connectivity index (χ2v) is 6.69. The summed E-state index contributed by atoms with van der Waals surface area (Å²) >= 11 is 6.45. The third-order valence-corrected chi connectivity index (χ3v) is 4.48. The summed E-state index contributed by atoms with van der Waals surface area (Å²) in [6.07, 6.45) is 0. The SMILES string of the molecule is Cc1cc(O)c2c(O)c(N=Nc3cc(Cl)ccc3O)c(SOOO)cc2c1. The van der Waals surface area contributed by atoms with Gasteiger partial charge in [-0.25, -0.2) is 5.26 Å². The largest absolute Gasteiger partial charge is 0.507 e. The smallest absolute Gasteiger partial charge is 0.155 e. The van der Waals surface area contributed by atoms with Gasteiger partial charge in [0.05, 0.1) is 22.3 Å². The maximum atomic E-state index is 10.6. The topological polar surface area (TPSA) is 124 Å². The van der Waals surface area contributed by atoms with Crippen LogP contribution in [-0.4, -0.2) is 20.6 Å². The van der Waals surface area contributed by atoms with Crippen LogP contribution in [-0.2, 0) is 9.37 Å². The standard InChI is InChI=1S/C17H13ClN2O6S/c1-8-4-9-6-14(27-26-25-24)16(17(23)15(9)13(22)5-8)20-19-11-7-10(18)2-3-12(11)21/h2-7,21-24H,1H3. The minimum atomic E-state index is -0.362. The fourth-order valence-corrected chi connectivity index (χ4v) is 3.17. The number of benzene rings is 3. The van der Waals surface area contributed by atoms with Crippen LogP contribution in [0.1, 0.15) is 5.56 Å². The molecule has 8 nitrogen and oxygen atoms in total. The number of aryl methyl sites for hydroxylation is 1. The van der Waals surface area contributed by atoms with E-state index >= 15 is 0 Å². The molecule has 0 amide bonds. The zero-order chi connectivity index (χ0) is 19.6. The summed E-state index contributed by atoms with van der Waals surface area (Å²) in [5.74, 6) is -0.661. The van der Waals surface area contributed by atoms with Crippen LogP contribution in [0.3, 0.4) is 0 Å². The van der Waals surface area contributed by atoms with Crippen molar-refractivity contribution in [2.75, 3.05) is 0 Å². The summed E-state index contributed by atoms with van der Waals surface area (Å²) in [6, 6.07) is 9.02. The third kappa shape index (κ3) is 4.07. The predicted octanol–water partition coefficient (Wildman–Crippen LogP) is 5.76. The number of phenolic OH excluding ortho intramolecular Hbond substituents is 3. The van der Waals surface area contributed by atoms with Crippen LogP contribution >= 0.6 is 23.6 Å². The van der Waals surface area contributed by atoms with Gasteiger partial charge in [0.2, 0.25) is 0 Å². The van der Waals surface area contributed by atoms with E-state index in [1.807, 2.05) is 0 Å². The molecule has 0 spiro atoms. The van der Waals surface area contributed by atoms with Gasteiger partial charge in [-0.3, -0.25) is 0 Å². The summed E-state index contributed by atoms with van der Waals surface area (Å²) in [5, 5.41) is 51.5. The highest BCUT2D eigenvalue weighted by molar-refractivity contribution is 7.94. The monoisotopic (exact) mass is 408 g/mol. The molecular weight excluding hydrogens is 396 g/mol. The Labute approximate surface area is 162 Å². The molecule has 0 aliphatic carbocycles. The second kappa shape index (κ2) is 7.99. The zero-order valence-corrected chi connectivity index (χ0v) is 15.3. The minimum Gasteiger partial charge on any atom is -0.507 e. The van der Waals surface area contributed by atoms with Crippen molar-refractivity contribution in [1.29, 1.82) is 0 Å². The molecule has 0 fully saturated rings. The summed E-state index contributed by atoms with van der Waals surface area (Å²) in [5.41, 5.74) is 0.779. The summed E-state index contributed by atoms with van der Waals surface area (Å²) in [4.78, 5) is 0.240. The van der Waals surface area contributed by atoms with Crippen molar-refractivity contribution in [2.24, 2.45) is 10.2 Å². The van der Waals surface area contributed by atoms with Gasteiger partial charge >= 0.3 is 0 Å². The van der Waals surface area contributed by atoms with Crippen molar-refractivity contribution in [3.05, 3.63) is 47.0 Å². The normalized spacial score (nSPS) is 11.5. The second-order valence-electron chi connectivity index (χ2n) is 5.51. The maximum absolute atomic E-state index is 10.6. The van der Waals surface area contributed by atoms with Crippen LogP contribution in [0, 0.1) is 6.92 Å². The van der Waals surface area contributed by atoms with Gasteiger partial charge < -0.3 is 15.3 Å². The van der Waals surface area contributed by atoms with Crippen molar-refractivity contribution in [1.82, 2.24) is 0 Å². The first kappa shape index (κ1) is 19.2. The molecule has 140 valence electrons. The zero-order valence-electron chi connectivity index (χ0n) is 13.8. The summed E-state index contributed by atoms with van der Waals surface area (Å²) in [6.45, 7) is 1.78. The lowest BCUT2D eigenvalue weighted by molar-refractivity contribution is -0.432. The Morgan fingerprint density at radius 1 is 1.00 bits per heavy atom. The first-order valence-corrected chi connectivity index (χ1v) is 8.57. The first-order chi connectivity index (χ1) is 12.9. The van der Waals surface area contributed by atoms with E-state index in [1.54, 1.807) is 19.1 Å². The number of phenols is 3. The van der Waals surface area contributed by atoms with Gasteiger partial charge in [-0.05, 0) is 48.2 Å². The number of hydrogen-bond donors (Lipinski definition) is 4. The fourth-order valence-electron chi connectivity index (χ4n) is 2.50. The molecule has 0 radical (unpaired) electrons.